The largest absolute Gasteiger partial charge is 0.492 e. The van der Waals surface area contributed by atoms with Gasteiger partial charge in [-0.3, -0.25) is 14.9 Å². The molecule has 0 saturated carbocycles. The molecule has 0 aliphatic heterocycles. The Morgan fingerprint density at radius 1 is 1.07 bits per heavy atom. The van der Waals surface area contributed by atoms with Crippen molar-refractivity contribution in [1.29, 1.82) is 0 Å². The van der Waals surface area contributed by atoms with Crippen LogP contribution in [0.4, 0.5) is 5.69 Å². The zero-order valence-corrected chi connectivity index (χ0v) is 19.7. The molecular formula is C22H26BrN3O3S. The molecule has 0 fully saturated rings. The summed E-state index contributed by atoms with van der Waals surface area (Å²) in [6, 6.07) is 12.1. The molecule has 8 heteroatoms. The first-order valence-electron chi connectivity index (χ1n) is 9.83. The second-order valence-electron chi connectivity index (χ2n) is 6.46. The van der Waals surface area contributed by atoms with Crippen LogP contribution in [0.2, 0.25) is 0 Å². The van der Waals surface area contributed by atoms with Gasteiger partial charge in [0.1, 0.15) is 5.75 Å². The van der Waals surface area contributed by atoms with Crippen molar-refractivity contribution < 1.29 is 14.3 Å². The van der Waals surface area contributed by atoms with Crippen LogP contribution in [0.15, 0.2) is 46.9 Å². The smallest absolute Gasteiger partial charge is 0.257 e. The first-order valence-corrected chi connectivity index (χ1v) is 11.0. The van der Waals surface area contributed by atoms with E-state index in [1.807, 2.05) is 20.8 Å². The second-order valence-corrected chi connectivity index (χ2v) is 7.72. The van der Waals surface area contributed by atoms with Gasteiger partial charge in [-0.1, -0.05) is 13.0 Å². The predicted molar refractivity (Wildman–Crippen MR) is 127 cm³/mol. The third-order valence-corrected chi connectivity index (χ3v) is 5.12. The maximum absolute atomic E-state index is 12.5. The molecule has 2 rings (SSSR count). The summed E-state index contributed by atoms with van der Waals surface area (Å²) in [5.74, 6) is 0.295. The van der Waals surface area contributed by atoms with Crippen molar-refractivity contribution >= 4 is 50.8 Å². The Morgan fingerprint density at radius 3 is 2.43 bits per heavy atom. The number of anilines is 1. The van der Waals surface area contributed by atoms with Crippen LogP contribution in [-0.2, 0) is 0 Å². The first kappa shape index (κ1) is 23.8. The number of nitrogens with zero attached hydrogens (tertiary/aromatic N) is 1. The van der Waals surface area contributed by atoms with E-state index in [-0.39, 0.29) is 16.9 Å². The van der Waals surface area contributed by atoms with Crippen LogP contribution >= 0.6 is 28.1 Å². The number of ether oxygens (including phenoxy) is 1. The van der Waals surface area contributed by atoms with Crippen LogP contribution in [0.25, 0.3) is 0 Å². The van der Waals surface area contributed by atoms with E-state index in [4.69, 9.17) is 17.0 Å². The molecule has 2 N–H and O–H groups in total. The third kappa shape index (κ3) is 6.53. The highest BCUT2D eigenvalue weighted by Gasteiger charge is 2.14. The summed E-state index contributed by atoms with van der Waals surface area (Å²) in [6.45, 7) is 7.79. The lowest BCUT2D eigenvalue weighted by molar-refractivity contribution is 0.0772. The fourth-order valence-corrected chi connectivity index (χ4v) is 3.44. The van der Waals surface area contributed by atoms with Gasteiger partial charge in [-0.05, 0) is 84.8 Å². The minimum Gasteiger partial charge on any atom is -0.492 e. The van der Waals surface area contributed by atoms with Crippen molar-refractivity contribution in [1.82, 2.24) is 10.2 Å². The molecule has 6 nitrogen and oxygen atoms in total. The Bertz CT molecular complexity index is 916. The molecule has 160 valence electrons. The van der Waals surface area contributed by atoms with Crippen LogP contribution in [-0.4, -0.2) is 41.5 Å². The average Bonchev–Trinajstić information content (AvgIpc) is 2.73. The fraction of sp³-hybridized carbons (Fsp3) is 0.318. The molecule has 2 aromatic rings. The monoisotopic (exact) mass is 491 g/mol. The molecule has 30 heavy (non-hydrogen) atoms. The maximum Gasteiger partial charge on any atom is 0.257 e. The highest BCUT2D eigenvalue weighted by atomic mass is 79.9. The van der Waals surface area contributed by atoms with Crippen molar-refractivity contribution in [3.05, 3.63) is 58.1 Å². The van der Waals surface area contributed by atoms with E-state index in [0.717, 1.165) is 6.42 Å². The number of hydrogen-bond acceptors (Lipinski definition) is 4. The van der Waals surface area contributed by atoms with E-state index < -0.39 is 0 Å². The molecule has 2 amide bonds. The lowest BCUT2D eigenvalue weighted by atomic mass is 10.1. The van der Waals surface area contributed by atoms with Gasteiger partial charge in [-0.25, -0.2) is 0 Å². The summed E-state index contributed by atoms with van der Waals surface area (Å²) in [5.41, 5.74) is 1.63. The highest BCUT2D eigenvalue weighted by Crippen LogP contribution is 2.26. The molecule has 0 atom stereocenters. The van der Waals surface area contributed by atoms with E-state index in [2.05, 4.69) is 26.6 Å². The first-order chi connectivity index (χ1) is 14.4. The highest BCUT2D eigenvalue weighted by molar-refractivity contribution is 9.10. The van der Waals surface area contributed by atoms with Gasteiger partial charge < -0.3 is 15.0 Å². The van der Waals surface area contributed by atoms with Gasteiger partial charge in [-0.15, -0.1) is 0 Å². The normalized spacial score (nSPS) is 10.3. The third-order valence-electron chi connectivity index (χ3n) is 4.30. The molecule has 0 aromatic heterocycles. The van der Waals surface area contributed by atoms with Gasteiger partial charge in [0, 0.05) is 29.9 Å². The number of halogens is 1. The van der Waals surface area contributed by atoms with E-state index in [9.17, 15) is 9.59 Å². The Hall–Kier alpha value is -2.45. The molecule has 0 spiro atoms. The summed E-state index contributed by atoms with van der Waals surface area (Å²) in [7, 11) is 0. The Morgan fingerprint density at radius 2 is 1.80 bits per heavy atom. The van der Waals surface area contributed by atoms with Crippen molar-refractivity contribution in [2.24, 2.45) is 0 Å². The number of benzene rings is 2. The molecule has 0 aliphatic rings. The number of carbonyl (C=O) groups is 2. The van der Waals surface area contributed by atoms with Gasteiger partial charge >= 0.3 is 0 Å². The molecule has 2 aromatic carbocycles. The van der Waals surface area contributed by atoms with Crippen LogP contribution in [0.5, 0.6) is 5.75 Å². The molecule has 0 unspecified atom stereocenters. The topological polar surface area (TPSA) is 70.7 Å². The summed E-state index contributed by atoms with van der Waals surface area (Å²) >= 11 is 8.68. The van der Waals surface area contributed by atoms with Gasteiger partial charge in [0.05, 0.1) is 11.1 Å². The number of hydrogen-bond donors (Lipinski definition) is 2. The molecule has 0 radical (unpaired) electrons. The number of nitrogens with one attached hydrogen (secondary N) is 2. The number of carbonyl (C=O) groups excluding carboxylic acids is 2. The maximum atomic E-state index is 12.5. The van der Waals surface area contributed by atoms with Crippen molar-refractivity contribution in [3.8, 4) is 5.75 Å². The lowest BCUT2D eigenvalue weighted by Gasteiger charge is -2.19. The van der Waals surface area contributed by atoms with Crippen LogP contribution in [0, 0.1) is 0 Å². The van der Waals surface area contributed by atoms with Gasteiger partial charge in [0.25, 0.3) is 11.8 Å². The molecule has 0 saturated heterocycles. The number of amides is 2. The quantitative estimate of drug-likeness (QED) is 0.516. The minimum atomic E-state index is -0.342. The minimum absolute atomic E-state index is 0.0474. The van der Waals surface area contributed by atoms with E-state index in [1.165, 1.54) is 0 Å². The Labute approximate surface area is 191 Å². The molecule has 0 aliphatic carbocycles. The van der Waals surface area contributed by atoms with Crippen molar-refractivity contribution in [2.75, 3.05) is 25.0 Å². The van der Waals surface area contributed by atoms with E-state index >= 15 is 0 Å². The zero-order chi connectivity index (χ0) is 22.1. The van der Waals surface area contributed by atoms with Crippen molar-refractivity contribution in [3.63, 3.8) is 0 Å². The zero-order valence-electron chi connectivity index (χ0n) is 17.3. The fourth-order valence-electron chi connectivity index (χ4n) is 2.73. The van der Waals surface area contributed by atoms with E-state index in [1.54, 1.807) is 47.4 Å². The summed E-state index contributed by atoms with van der Waals surface area (Å²) in [4.78, 5) is 26.8. The summed E-state index contributed by atoms with van der Waals surface area (Å²) in [5, 5.41) is 5.76. The van der Waals surface area contributed by atoms with E-state index in [0.29, 0.717) is 46.7 Å². The molecular weight excluding hydrogens is 466 g/mol. The second kappa shape index (κ2) is 11.7. The SMILES string of the molecule is CCCOc1ccc(C(=O)NC(=S)Nc2cccc(C(=O)N(CC)CC)c2)cc1Br. The van der Waals surface area contributed by atoms with Gasteiger partial charge in [-0.2, -0.15) is 0 Å². The van der Waals surface area contributed by atoms with Gasteiger partial charge in [0.2, 0.25) is 0 Å². The molecule has 0 bridgehead atoms. The van der Waals surface area contributed by atoms with Crippen LogP contribution in [0.3, 0.4) is 0 Å². The Kier molecular flexibility index (Phi) is 9.26. The van der Waals surface area contributed by atoms with Crippen molar-refractivity contribution in [2.45, 2.75) is 27.2 Å². The Balaban J connectivity index is 2.02. The predicted octanol–water partition coefficient (Wildman–Crippen LogP) is 4.85. The summed E-state index contributed by atoms with van der Waals surface area (Å²) in [6.07, 6.45) is 0.899. The average molecular weight is 492 g/mol. The lowest BCUT2D eigenvalue weighted by Crippen LogP contribution is -2.34. The molecule has 0 heterocycles. The summed E-state index contributed by atoms with van der Waals surface area (Å²) < 4.78 is 6.30. The standard InChI is InChI=1S/C22H26BrN3O3S/c1-4-12-29-19-11-10-15(14-18(19)23)20(27)25-22(30)24-17-9-7-8-16(13-17)21(28)26(5-2)6-3/h7-11,13-14H,4-6,12H2,1-3H3,(H2,24,25,27,30). The van der Waals surface area contributed by atoms with Gasteiger partial charge in [0.15, 0.2) is 5.11 Å². The number of thiocarbonyl (C=S) groups is 1. The van der Waals surface area contributed by atoms with Crippen LogP contribution in [0.1, 0.15) is 47.9 Å². The number of rotatable bonds is 8. The van der Waals surface area contributed by atoms with Crippen LogP contribution < -0.4 is 15.4 Å².